The normalized spacial score (nSPS) is 18.6. The molecule has 0 unspecified atom stereocenters. The van der Waals surface area contributed by atoms with E-state index in [1.165, 1.54) is 6.42 Å². The second-order valence-corrected chi connectivity index (χ2v) is 5.32. The van der Waals surface area contributed by atoms with Crippen molar-refractivity contribution in [1.29, 1.82) is 0 Å². The quantitative estimate of drug-likeness (QED) is 0.850. The van der Waals surface area contributed by atoms with Crippen LogP contribution in [0.2, 0.25) is 0 Å². The van der Waals surface area contributed by atoms with E-state index in [1.807, 2.05) is 13.0 Å². The van der Waals surface area contributed by atoms with Gasteiger partial charge in [0.05, 0.1) is 5.54 Å². The lowest BCUT2D eigenvalue weighted by molar-refractivity contribution is 0.0854. The Kier molecular flexibility index (Phi) is 4.33. The molecule has 1 aliphatic carbocycles. The van der Waals surface area contributed by atoms with Crippen LogP contribution in [-0.4, -0.2) is 17.3 Å². The number of rotatable bonds is 4. The first-order valence-electron chi connectivity index (χ1n) is 6.66. The summed E-state index contributed by atoms with van der Waals surface area (Å²) in [6, 6.07) is 3.59. The number of halogens is 1. The highest BCUT2D eigenvalue weighted by Gasteiger charge is 2.33. The number of furan rings is 1. The van der Waals surface area contributed by atoms with Gasteiger partial charge >= 0.3 is 0 Å². The molecule has 0 bridgehead atoms. The zero-order valence-electron chi connectivity index (χ0n) is 10.8. The van der Waals surface area contributed by atoms with Crippen molar-refractivity contribution in [3.05, 3.63) is 23.7 Å². The second-order valence-electron chi connectivity index (χ2n) is 5.05. The van der Waals surface area contributed by atoms with E-state index >= 15 is 0 Å². The molecular formula is C14H20ClNO2. The van der Waals surface area contributed by atoms with Crippen molar-refractivity contribution in [2.24, 2.45) is 0 Å². The van der Waals surface area contributed by atoms with Crippen LogP contribution in [0.15, 0.2) is 16.5 Å². The van der Waals surface area contributed by atoms with Crippen molar-refractivity contribution in [2.75, 3.05) is 5.88 Å². The molecular weight excluding hydrogens is 250 g/mol. The van der Waals surface area contributed by atoms with Gasteiger partial charge in [-0.05, 0) is 25.0 Å². The first-order chi connectivity index (χ1) is 8.69. The van der Waals surface area contributed by atoms with Gasteiger partial charge in [-0.3, -0.25) is 4.79 Å². The Morgan fingerprint density at radius 2 is 2.11 bits per heavy atom. The van der Waals surface area contributed by atoms with Gasteiger partial charge in [-0.1, -0.05) is 26.2 Å². The summed E-state index contributed by atoms with van der Waals surface area (Å²) < 4.78 is 5.47. The molecule has 2 rings (SSSR count). The summed E-state index contributed by atoms with van der Waals surface area (Å²) in [6.07, 6.45) is 6.22. The number of alkyl halides is 1. The Bertz CT molecular complexity index is 408. The summed E-state index contributed by atoms with van der Waals surface area (Å²) in [5.41, 5.74) is -0.240. The Morgan fingerprint density at radius 3 is 2.67 bits per heavy atom. The largest absolute Gasteiger partial charge is 0.456 e. The third kappa shape index (κ3) is 2.89. The molecule has 1 saturated carbocycles. The number of amides is 1. The number of carbonyl (C=O) groups is 1. The summed E-state index contributed by atoms with van der Waals surface area (Å²) in [7, 11) is 0. The Labute approximate surface area is 113 Å². The van der Waals surface area contributed by atoms with Gasteiger partial charge in [0.2, 0.25) is 0 Å². The minimum atomic E-state index is -0.240. The van der Waals surface area contributed by atoms with Gasteiger partial charge in [-0.25, -0.2) is 0 Å². The average Bonchev–Trinajstić information content (AvgIpc) is 2.88. The van der Waals surface area contributed by atoms with Crippen LogP contribution in [-0.2, 0) is 6.42 Å². The molecule has 1 amide bonds. The SMILES string of the molecule is CCc1ccc(C(=O)NC2(CCl)CCCCC2)o1. The number of hydrogen-bond acceptors (Lipinski definition) is 2. The first kappa shape index (κ1) is 13.5. The minimum absolute atomic E-state index is 0.141. The van der Waals surface area contributed by atoms with E-state index in [1.54, 1.807) is 6.07 Å². The van der Waals surface area contributed by atoms with E-state index in [-0.39, 0.29) is 11.4 Å². The molecule has 0 aromatic carbocycles. The van der Waals surface area contributed by atoms with Gasteiger partial charge in [-0.15, -0.1) is 11.6 Å². The zero-order valence-corrected chi connectivity index (χ0v) is 11.6. The highest BCUT2D eigenvalue weighted by molar-refractivity contribution is 6.18. The summed E-state index contributed by atoms with van der Waals surface area (Å²) in [6.45, 7) is 2.00. The van der Waals surface area contributed by atoms with Crippen LogP contribution < -0.4 is 5.32 Å². The van der Waals surface area contributed by atoms with Crippen molar-refractivity contribution in [1.82, 2.24) is 5.32 Å². The summed E-state index contributed by atoms with van der Waals surface area (Å²) >= 11 is 6.06. The molecule has 4 heteroatoms. The molecule has 18 heavy (non-hydrogen) atoms. The van der Waals surface area contributed by atoms with E-state index in [0.29, 0.717) is 11.6 Å². The lowest BCUT2D eigenvalue weighted by atomic mass is 9.83. The van der Waals surface area contributed by atoms with Crippen LogP contribution in [0, 0.1) is 0 Å². The smallest absolute Gasteiger partial charge is 0.287 e. The fraction of sp³-hybridized carbons (Fsp3) is 0.643. The van der Waals surface area contributed by atoms with Crippen molar-refractivity contribution >= 4 is 17.5 Å². The minimum Gasteiger partial charge on any atom is -0.456 e. The van der Waals surface area contributed by atoms with E-state index in [4.69, 9.17) is 16.0 Å². The predicted molar refractivity (Wildman–Crippen MR) is 72.1 cm³/mol. The summed E-state index contributed by atoms with van der Waals surface area (Å²) in [5.74, 6) is 1.56. The van der Waals surface area contributed by atoms with Crippen molar-refractivity contribution in [3.8, 4) is 0 Å². The highest BCUT2D eigenvalue weighted by atomic mass is 35.5. The molecule has 1 aromatic rings. The molecule has 1 N–H and O–H groups in total. The monoisotopic (exact) mass is 269 g/mol. The van der Waals surface area contributed by atoms with Gasteiger partial charge in [0.15, 0.2) is 5.76 Å². The Morgan fingerprint density at radius 1 is 1.39 bits per heavy atom. The third-order valence-electron chi connectivity index (χ3n) is 3.68. The van der Waals surface area contributed by atoms with Crippen LogP contribution in [0.4, 0.5) is 0 Å². The Balaban J connectivity index is 2.04. The third-order valence-corrected chi connectivity index (χ3v) is 4.19. The Hall–Kier alpha value is -0.960. The average molecular weight is 270 g/mol. The molecule has 3 nitrogen and oxygen atoms in total. The second kappa shape index (κ2) is 5.79. The van der Waals surface area contributed by atoms with Gasteiger partial charge in [0.1, 0.15) is 5.76 Å². The van der Waals surface area contributed by atoms with Crippen molar-refractivity contribution in [2.45, 2.75) is 51.0 Å². The first-order valence-corrected chi connectivity index (χ1v) is 7.20. The number of nitrogens with one attached hydrogen (secondary N) is 1. The van der Waals surface area contributed by atoms with Crippen molar-refractivity contribution < 1.29 is 9.21 Å². The molecule has 1 aliphatic rings. The van der Waals surface area contributed by atoms with Crippen LogP contribution in [0.5, 0.6) is 0 Å². The number of aryl methyl sites for hydroxylation is 1. The molecule has 0 atom stereocenters. The van der Waals surface area contributed by atoms with Crippen LogP contribution in [0.1, 0.15) is 55.3 Å². The fourth-order valence-corrected chi connectivity index (χ4v) is 2.85. The van der Waals surface area contributed by atoms with Crippen molar-refractivity contribution in [3.63, 3.8) is 0 Å². The zero-order chi connectivity index (χ0) is 13.0. The van der Waals surface area contributed by atoms with Crippen LogP contribution >= 0.6 is 11.6 Å². The van der Waals surface area contributed by atoms with Gasteiger partial charge in [0.25, 0.3) is 5.91 Å². The highest BCUT2D eigenvalue weighted by Crippen LogP contribution is 2.29. The summed E-state index contributed by atoms with van der Waals surface area (Å²) in [4.78, 5) is 12.1. The predicted octanol–water partition coefficient (Wildman–Crippen LogP) is 3.51. The maximum absolute atomic E-state index is 12.1. The fourth-order valence-electron chi connectivity index (χ4n) is 2.51. The molecule has 0 saturated heterocycles. The van der Waals surface area contributed by atoms with Crippen LogP contribution in [0.3, 0.4) is 0 Å². The molecule has 0 spiro atoms. The number of hydrogen-bond donors (Lipinski definition) is 1. The molecule has 1 fully saturated rings. The van der Waals surface area contributed by atoms with Gasteiger partial charge in [0, 0.05) is 12.3 Å². The molecule has 1 aromatic heterocycles. The van der Waals surface area contributed by atoms with Crippen LogP contribution in [0.25, 0.3) is 0 Å². The lowest BCUT2D eigenvalue weighted by Gasteiger charge is -2.36. The lowest BCUT2D eigenvalue weighted by Crippen LogP contribution is -2.51. The van der Waals surface area contributed by atoms with E-state index in [0.717, 1.165) is 37.9 Å². The topological polar surface area (TPSA) is 42.2 Å². The van der Waals surface area contributed by atoms with E-state index in [9.17, 15) is 4.79 Å². The summed E-state index contributed by atoms with van der Waals surface area (Å²) in [5, 5.41) is 3.07. The van der Waals surface area contributed by atoms with Gasteiger partial charge < -0.3 is 9.73 Å². The number of carbonyl (C=O) groups excluding carboxylic acids is 1. The van der Waals surface area contributed by atoms with E-state index < -0.39 is 0 Å². The maximum Gasteiger partial charge on any atom is 0.287 e. The molecule has 1 heterocycles. The maximum atomic E-state index is 12.1. The molecule has 100 valence electrons. The standard InChI is InChI=1S/C14H20ClNO2/c1-2-11-6-7-12(18-11)13(17)16-14(10-15)8-4-3-5-9-14/h6-7H,2-5,8-10H2,1H3,(H,16,17). The molecule has 0 radical (unpaired) electrons. The van der Waals surface area contributed by atoms with Gasteiger partial charge in [-0.2, -0.15) is 0 Å². The molecule has 0 aliphatic heterocycles. The van der Waals surface area contributed by atoms with E-state index in [2.05, 4.69) is 5.32 Å².